The molecule has 1 atom stereocenters. The van der Waals surface area contributed by atoms with Crippen LogP contribution in [0.15, 0.2) is 0 Å². The molecule has 0 spiro atoms. The predicted octanol–water partition coefficient (Wildman–Crippen LogP) is 1.39. The van der Waals surface area contributed by atoms with Crippen molar-refractivity contribution in [3.05, 3.63) is 0 Å². The summed E-state index contributed by atoms with van der Waals surface area (Å²) in [5, 5.41) is 3.32. The summed E-state index contributed by atoms with van der Waals surface area (Å²) in [6.45, 7) is 2.04. The Kier molecular flexibility index (Phi) is 3.62. The molecular weight excluding hydrogens is 188 g/mol. The molecular formula is C12H22N2O. The van der Waals surface area contributed by atoms with Crippen molar-refractivity contribution in [1.29, 1.82) is 0 Å². The molecule has 15 heavy (non-hydrogen) atoms. The van der Waals surface area contributed by atoms with Gasteiger partial charge in [0.25, 0.3) is 0 Å². The molecule has 0 aromatic heterocycles. The van der Waals surface area contributed by atoms with Gasteiger partial charge in [0.2, 0.25) is 5.91 Å². The van der Waals surface area contributed by atoms with E-state index in [1.165, 1.54) is 19.3 Å². The number of hydrogen-bond donors (Lipinski definition) is 1. The third-order valence-electron chi connectivity index (χ3n) is 3.88. The standard InChI is InChI=1S/C12H22N2O/c1-14(11-7-8-13-9-11)12(15)10-5-3-2-4-6-10/h10-11,13H,2-9H2,1H3/t11-/m1/s1. The average Bonchev–Trinajstić information content (AvgIpc) is 2.82. The van der Waals surface area contributed by atoms with Gasteiger partial charge < -0.3 is 10.2 Å². The van der Waals surface area contributed by atoms with E-state index in [1.54, 1.807) is 0 Å². The fourth-order valence-corrected chi connectivity index (χ4v) is 2.79. The van der Waals surface area contributed by atoms with Gasteiger partial charge in [0, 0.05) is 25.6 Å². The molecule has 0 unspecified atom stereocenters. The molecule has 0 aromatic rings. The van der Waals surface area contributed by atoms with Gasteiger partial charge in [-0.05, 0) is 25.8 Å². The largest absolute Gasteiger partial charge is 0.341 e. The molecule has 0 aromatic carbocycles. The lowest BCUT2D eigenvalue weighted by atomic mass is 9.88. The number of carbonyl (C=O) groups excluding carboxylic acids is 1. The quantitative estimate of drug-likeness (QED) is 0.747. The highest BCUT2D eigenvalue weighted by molar-refractivity contribution is 5.79. The van der Waals surface area contributed by atoms with Crippen molar-refractivity contribution in [3.63, 3.8) is 0 Å². The Morgan fingerprint density at radius 1 is 1.20 bits per heavy atom. The topological polar surface area (TPSA) is 32.3 Å². The molecule has 1 aliphatic carbocycles. The van der Waals surface area contributed by atoms with Crippen molar-refractivity contribution >= 4 is 5.91 Å². The van der Waals surface area contributed by atoms with Gasteiger partial charge in [-0.15, -0.1) is 0 Å². The monoisotopic (exact) mass is 210 g/mol. The van der Waals surface area contributed by atoms with Crippen LogP contribution >= 0.6 is 0 Å². The van der Waals surface area contributed by atoms with Gasteiger partial charge in [0.05, 0.1) is 0 Å². The molecule has 1 aliphatic heterocycles. The Labute approximate surface area is 92.2 Å². The fraction of sp³-hybridized carbons (Fsp3) is 0.917. The Morgan fingerprint density at radius 3 is 2.53 bits per heavy atom. The minimum absolute atomic E-state index is 0.323. The van der Waals surface area contributed by atoms with Crippen LogP contribution in [-0.2, 0) is 4.79 Å². The third kappa shape index (κ3) is 2.51. The highest BCUT2D eigenvalue weighted by atomic mass is 16.2. The summed E-state index contributed by atoms with van der Waals surface area (Å²) in [6.07, 6.45) is 7.15. The second-order valence-electron chi connectivity index (χ2n) is 4.93. The number of likely N-dealkylation sites (N-methyl/N-ethyl adjacent to an activating group) is 1. The van der Waals surface area contributed by atoms with E-state index in [9.17, 15) is 4.79 Å². The zero-order valence-corrected chi connectivity index (χ0v) is 9.67. The Bertz CT molecular complexity index is 218. The summed E-state index contributed by atoms with van der Waals surface area (Å²) in [5.74, 6) is 0.716. The van der Waals surface area contributed by atoms with E-state index in [2.05, 4.69) is 5.32 Å². The van der Waals surface area contributed by atoms with Crippen LogP contribution in [0.4, 0.5) is 0 Å². The zero-order chi connectivity index (χ0) is 10.7. The maximum atomic E-state index is 12.2. The van der Waals surface area contributed by atoms with Gasteiger partial charge in [0.15, 0.2) is 0 Å². The van der Waals surface area contributed by atoms with Crippen LogP contribution in [0.2, 0.25) is 0 Å². The van der Waals surface area contributed by atoms with Crippen LogP contribution in [0.25, 0.3) is 0 Å². The van der Waals surface area contributed by atoms with E-state index >= 15 is 0 Å². The van der Waals surface area contributed by atoms with Crippen molar-refractivity contribution in [3.8, 4) is 0 Å². The van der Waals surface area contributed by atoms with Gasteiger partial charge in [0.1, 0.15) is 0 Å². The molecule has 1 heterocycles. The van der Waals surface area contributed by atoms with Crippen LogP contribution in [0.3, 0.4) is 0 Å². The predicted molar refractivity (Wildman–Crippen MR) is 60.6 cm³/mol. The van der Waals surface area contributed by atoms with Crippen LogP contribution in [0, 0.1) is 5.92 Å². The van der Waals surface area contributed by atoms with Crippen molar-refractivity contribution < 1.29 is 4.79 Å². The first kappa shape index (κ1) is 10.9. The molecule has 3 heteroatoms. The molecule has 2 fully saturated rings. The molecule has 2 aliphatic rings. The number of nitrogens with zero attached hydrogens (tertiary/aromatic N) is 1. The van der Waals surface area contributed by atoms with Crippen LogP contribution < -0.4 is 5.32 Å². The van der Waals surface area contributed by atoms with Crippen molar-refractivity contribution in [2.75, 3.05) is 20.1 Å². The second-order valence-corrected chi connectivity index (χ2v) is 4.93. The van der Waals surface area contributed by atoms with Gasteiger partial charge in [-0.2, -0.15) is 0 Å². The fourth-order valence-electron chi connectivity index (χ4n) is 2.79. The Balaban J connectivity index is 1.87. The maximum absolute atomic E-state index is 12.2. The van der Waals surface area contributed by atoms with Gasteiger partial charge in [-0.25, -0.2) is 0 Å². The molecule has 1 N–H and O–H groups in total. The number of amides is 1. The highest BCUT2D eigenvalue weighted by Crippen LogP contribution is 2.26. The number of rotatable bonds is 2. The second kappa shape index (κ2) is 4.97. The molecule has 0 radical (unpaired) electrons. The highest BCUT2D eigenvalue weighted by Gasteiger charge is 2.29. The molecule has 0 bridgehead atoms. The summed E-state index contributed by atoms with van der Waals surface area (Å²) >= 11 is 0. The zero-order valence-electron chi connectivity index (χ0n) is 9.67. The lowest BCUT2D eigenvalue weighted by Crippen LogP contribution is -2.42. The first-order valence-corrected chi connectivity index (χ1v) is 6.26. The van der Waals surface area contributed by atoms with Crippen molar-refractivity contribution in [2.24, 2.45) is 5.92 Å². The summed E-state index contributed by atoms with van der Waals surface area (Å²) in [6, 6.07) is 0.444. The number of carbonyl (C=O) groups is 1. The SMILES string of the molecule is CN(C(=O)C1CCCCC1)[C@@H]1CCNC1. The van der Waals surface area contributed by atoms with Gasteiger partial charge in [-0.3, -0.25) is 4.79 Å². The van der Waals surface area contributed by atoms with E-state index in [1.807, 2.05) is 11.9 Å². The van der Waals surface area contributed by atoms with E-state index in [-0.39, 0.29) is 0 Å². The summed E-state index contributed by atoms with van der Waals surface area (Å²) < 4.78 is 0. The van der Waals surface area contributed by atoms with Crippen molar-refractivity contribution in [1.82, 2.24) is 10.2 Å². The molecule has 1 saturated heterocycles. The molecule has 2 rings (SSSR count). The number of nitrogens with one attached hydrogen (secondary N) is 1. The van der Waals surface area contributed by atoms with Crippen LogP contribution in [0.5, 0.6) is 0 Å². The minimum Gasteiger partial charge on any atom is -0.341 e. The molecule has 1 saturated carbocycles. The van der Waals surface area contributed by atoms with Gasteiger partial charge in [-0.1, -0.05) is 19.3 Å². The molecule has 3 nitrogen and oxygen atoms in total. The average molecular weight is 210 g/mol. The minimum atomic E-state index is 0.323. The third-order valence-corrected chi connectivity index (χ3v) is 3.88. The molecule has 1 amide bonds. The van der Waals surface area contributed by atoms with E-state index in [4.69, 9.17) is 0 Å². The Hall–Kier alpha value is -0.570. The lowest BCUT2D eigenvalue weighted by Gasteiger charge is -2.30. The van der Waals surface area contributed by atoms with E-state index in [0.29, 0.717) is 17.9 Å². The first-order valence-electron chi connectivity index (χ1n) is 6.26. The normalized spacial score (nSPS) is 27.9. The van der Waals surface area contributed by atoms with Gasteiger partial charge >= 0.3 is 0 Å². The molecule has 86 valence electrons. The Morgan fingerprint density at radius 2 is 1.93 bits per heavy atom. The van der Waals surface area contributed by atoms with E-state index < -0.39 is 0 Å². The van der Waals surface area contributed by atoms with Crippen molar-refractivity contribution in [2.45, 2.75) is 44.6 Å². The lowest BCUT2D eigenvalue weighted by molar-refractivity contribution is -0.137. The first-order chi connectivity index (χ1) is 7.29. The summed E-state index contributed by atoms with van der Waals surface area (Å²) in [7, 11) is 1.98. The van der Waals surface area contributed by atoms with E-state index in [0.717, 1.165) is 32.4 Å². The smallest absolute Gasteiger partial charge is 0.225 e. The summed E-state index contributed by atoms with van der Waals surface area (Å²) in [5.41, 5.74) is 0. The summed E-state index contributed by atoms with van der Waals surface area (Å²) in [4.78, 5) is 14.2. The number of hydrogen-bond acceptors (Lipinski definition) is 2. The van der Waals surface area contributed by atoms with Crippen LogP contribution in [-0.4, -0.2) is 37.0 Å². The van der Waals surface area contributed by atoms with Crippen LogP contribution in [0.1, 0.15) is 38.5 Å². The maximum Gasteiger partial charge on any atom is 0.225 e.